The minimum absolute atomic E-state index is 0.0321. The van der Waals surface area contributed by atoms with Gasteiger partial charge in [-0.2, -0.15) is 5.26 Å². The van der Waals surface area contributed by atoms with E-state index in [9.17, 15) is 14.9 Å². The molecule has 3 nitrogen and oxygen atoms in total. The van der Waals surface area contributed by atoms with Crippen molar-refractivity contribution in [1.29, 1.82) is 5.26 Å². The highest BCUT2D eigenvalue weighted by molar-refractivity contribution is 6.04. The molecule has 0 spiro atoms. The molecule has 184 valence electrons. The van der Waals surface area contributed by atoms with Gasteiger partial charge < -0.3 is 4.79 Å². The number of Topliss-reactive ketones (excluding diaryl/α,β-unsaturated/α-hetero) is 1. The number of aldehydes is 1. The molecule has 0 aromatic rings. The summed E-state index contributed by atoms with van der Waals surface area (Å²) in [5, 5.41) is 9.86. The van der Waals surface area contributed by atoms with Crippen LogP contribution in [0, 0.1) is 68.0 Å². The molecule has 9 atom stereocenters. The van der Waals surface area contributed by atoms with Gasteiger partial charge in [0, 0.05) is 10.8 Å². The zero-order valence-corrected chi connectivity index (χ0v) is 22.2. The number of allylic oxidation sites excluding steroid dienone is 3. The van der Waals surface area contributed by atoms with Crippen LogP contribution < -0.4 is 0 Å². The van der Waals surface area contributed by atoms with Crippen LogP contribution in [-0.4, -0.2) is 12.1 Å². The average Bonchev–Trinajstić information content (AvgIpc) is 3.17. The number of fused-ring (bicyclic) bond motifs is 7. The average molecular weight is 462 g/mol. The Morgan fingerprint density at radius 2 is 1.71 bits per heavy atom. The molecule has 0 saturated heterocycles. The fraction of sp³-hybridized carbons (Fsp3) is 0.774. The number of nitriles is 1. The molecule has 4 fully saturated rings. The minimum atomic E-state index is -0.497. The van der Waals surface area contributed by atoms with Crippen LogP contribution in [0.3, 0.4) is 0 Å². The van der Waals surface area contributed by atoms with Crippen molar-refractivity contribution in [2.45, 2.75) is 92.9 Å². The Morgan fingerprint density at radius 1 is 1.00 bits per heavy atom. The molecule has 0 radical (unpaired) electrons. The summed E-state index contributed by atoms with van der Waals surface area (Å²) in [6, 6.07) is 2.27. The number of ketones is 1. The lowest BCUT2D eigenvalue weighted by molar-refractivity contribution is -0.215. The Morgan fingerprint density at radius 3 is 2.32 bits per heavy atom. The summed E-state index contributed by atoms with van der Waals surface area (Å²) < 4.78 is 0. The van der Waals surface area contributed by atoms with Crippen LogP contribution in [0.1, 0.15) is 92.9 Å². The van der Waals surface area contributed by atoms with Crippen molar-refractivity contribution in [2.75, 3.05) is 0 Å². The molecule has 0 N–H and O–H groups in total. The van der Waals surface area contributed by atoms with Crippen LogP contribution in [0.15, 0.2) is 23.8 Å². The van der Waals surface area contributed by atoms with Gasteiger partial charge in [0.2, 0.25) is 0 Å². The van der Waals surface area contributed by atoms with Crippen LogP contribution in [0.25, 0.3) is 0 Å². The van der Waals surface area contributed by atoms with Crippen molar-refractivity contribution < 1.29 is 9.59 Å². The normalized spacial score (nSPS) is 51.1. The summed E-state index contributed by atoms with van der Waals surface area (Å²) in [5.41, 5.74) is 1.12. The van der Waals surface area contributed by atoms with Gasteiger partial charge in [0.05, 0.1) is 5.57 Å². The Kier molecular flexibility index (Phi) is 5.07. The topological polar surface area (TPSA) is 57.9 Å². The maximum atomic E-state index is 13.2. The Hall–Kier alpha value is -1.69. The second-order valence-corrected chi connectivity index (χ2v) is 14.1. The van der Waals surface area contributed by atoms with Gasteiger partial charge in [-0.25, -0.2) is 0 Å². The van der Waals surface area contributed by atoms with Crippen molar-refractivity contribution >= 4 is 12.1 Å². The predicted octanol–water partition coefficient (Wildman–Crippen LogP) is 7.08. The van der Waals surface area contributed by atoms with E-state index in [2.05, 4.69) is 60.3 Å². The number of carbonyl (C=O) groups excluding carboxylic acids is 2. The van der Waals surface area contributed by atoms with E-state index >= 15 is 0 Å². The first-order valence-electron chi connectivity index (χ1n) is 13.6. The summed E-state index contributed by atoms with van der Waals surface area (Å²) >= 11 is 0. The number of rotatable bonds is 2. The van der Waals surface area contributed by atoms with Crippen LogP contribution in [0.5, 0.6) is 0 Å². The fourth-order valence-corrected chi connectivity index (χ4v) is 11.0. The zero-order chi connectivity index (χ0) is 24.9. The molecule has 0 aromatic carbocycles. The SMILES string of the molecule is C=C(C)[C@@H]1CC[C@]2(C=O)CC[C@]3(C)[C@H](CC[C@@H]4[C@@]5(C)C=C(C#N)C(=O)C(C)(C)[C@@H]5CC[C@]43C)[C@@H]12. The van der Waals surface area contributed by atoms with Gasteiger partial charge in [-0.1, -0.05) is 52.8 Å². The van der Waals surface area contributed by atoms with Gasteiger partial charge in [0.15, 0.2) is 5.78 Å². The van der Waals surface area contributed by atoms with E-state index in [1.807, 2.05) is 0 Å². The highest BCUT2D eigenvalue weighted by Crippen LogP contribution is 2.76. The molecular weight excluding hydrogens is 418 g/mol. The molecule has 5 aliphatic carbocycles. The summed E-state index contributed by atoms with van der Waals surface area (Å²) in [5.74, 6) is 2.16. The van der Waals surface area contributed by atoms with Crippen LogP contribution in [0.2, 0.25) is 0 Å². The largest absolute Gasteiger partial charge is 0.303 e. The van der Waals surface area contributed by atoms with Crippen molar-refractivity contribution in [3.63, 3.8) is 0 Å². The number of hydrogen-bond acceptors (Lipinski definition) is 3. The molecule has 5 rings (SSSR count). The van der Waals surface area contributed by atoms with Crippen molar-refractivity contribution in [3.05, 3.63) is 23.8 Å². The van der Waals surface area contributed by atoms with E-state index < -0.39 is 5.41 Å². The van der Waals surface area contributed by atoms with Crippen molar-refractivity contribution in [3.8, 4) is 6.07 Å². The van der Waals surface area contributed by atoms with Gasteiger partial charge >= 0.3 is 0 Å². The maximum absolute atomic E-state index is 13.2. The van der Waals surface area contributed by atoms with Gasteiger partial charge in [-0.05, 0) is 104 Å². The van der Waals surface area contributed by atoms with Crippen LogP contribution in [0.4, 0.5) is 0 Å². The monoisotopic (exact) mass is 461 g/mol. The Bertz CT molecular complexity index is 1030. The van der Waals surface area contributed by atoms with Gasteiger partial charge in [-0.15, -0.1) is 0 Å². The standard InChI is InChI=1S/C31H43NO2/c1-19(2)21-10-13-31(18-33)15-14-29(6)22(25(21)31)8-9-24-28(5)16-20(17-32)26(34)27(3,4)23(28)11-12-30(24,29)7/h16,18,21-25H,1,8-15H2,2-7H3/t21-,22+,23-,24+,25+,28-,29+,30+,31+/m0/s1. The smallest absolute Gasteiger partial charge is 0.178 e. The number of nitrogens with zero attached hydrogens (tertiary/aromatic N) is 1. The van der Waals surface area contributed by atoms with E-state index in [0.717, 1.165) is 51.4 Å². The van der Waals surface area contributed by atoms with E-state index in [-0.39, 0.29) is 33.4 Å². The molecule has 0 amide bonds. The van der Waals surface area contributed by atoms with E-state index in [0.29, 0.717) is 29.2 Å². The van der Waals surface area contributed by atoms with Gasteiger partial charge in [0.1, 0.15) is 12.4 Å². The third-order valence-electron chi connectivity index (χ3n) is 12.8. The summed E-state index contributed by atoms with van der Waals surface area (Å²) in [6.45, 7) is 18.1. The lowest BCUT2D eigenvalue weighted by Crippen LogP contribution is -2.65. The van der Waals surface area contributed by atoms with Gasteiger partial charge in [-0.3, -0.25) is 4.79 Å². The third kappa shape index (κ3) is 2.64. The number of carbonyl (C=O) groups is 2. The first kappa shape index (κ1) is 24.0. The quantitative estimate of drug-likeness (QED) is 0.326. The predicted molar refractivity (Wildman–Crippen MR) is 135 cm³/mol. The van der Waals surface area contributed by atoms with Crippen LogP contribution in [-0.2, 0) is 9.59 Å². The van der Waals surface area contributed by atoms with Crippen molar-refractivity contribution in [1.82, 2.24) is 0 Å². The van der Waals surface area contributed by atoms with E-state index in [1.165, 1.54) is 11.9 Å². The first-order valence-corrected chi connectivity index (χ1v) is 13.6. The highest BCUT2D eigenvalue weighted by atomic mass is 16.1. The summed E-state index contributed by atoms with van der Waals surface area (Å²) in [7, 11) is 0. The molecule has 0 heterocycles. The lowest BCUT2D eigenvalue weighted by Gasteiger charge is -2.71. The molecule has 3 heteroatoms. The first-order chi connectivity index (χ1) is 15.8. The fourth-order valence-electron chi connectivity index (χ4n) is 11.0. The van der Waals surface area contributed by atoms with Crippen LogP contribution >= 0.6 is 0 Å². The number of hydrogen-bond donors (Lipinski definition) is 0. The van der Waals surface area contributed by atoms with Crippen molar-refractivity contribution in [2.24, 2.45) is 56.7 Å². The summed E-state index contributed by atoms with van der Waals surface area (Å²) in [6.07, 6.45) is 12.1. The zero-order valence-electron chi connectivity index (χ0n) is 22.2. The lowest BCUT2D eigenvalue weighted by atomic mass is 9.33. The molecule has 0 bridgehead atoms. The highest BCUT2D eigenvalue weighted by Gasteiger charge is 2.70. The second-order valence-electron chi connectivity index (χ2n) is 14.1. The minimum Gasteiger partial charge on any atom is -0.303 e. The second kappa shape index (κ2) is 7.18. The molecule has 34 heavy (non-hydrogen) atoms. The van der Waals surface area contributed by atoms with Gasteiger partial charge in [0.25, 0.3) is 0 Å². The van der Waals surface area contributed by atoms with E-state index in [4.69, 9.17) is 0 Å². The van der Waals surface area contributed by atoms with E-state index in [1.54, 1.807) is 0 Å². The molecule has 5 aliphatic rings. The maximum Gasteiger partial charge on any atom is 0.178 e. The summed E-state index contributed by atoms with van der Waals surface area (Å²) in [4.78, 5) is 25.8. The molecule has 4 saturated carbocycles. The Balaban J connectivity index is 1.61. The molecular formula is C31H43NO2. The molecule has 0 aromatic heterocycles. The molecule has 0 unspecified atom stereocenters. The Labute approximate surface area is 206 Å². The third-order valence-corrected chi connectivity index (χ3v) is 12.8. The molecule has 0 aliphatic heterocycles.